The molecule has 0 aliphatic rings. The molecule has 8 heteroatoms. The van der Waals surface area contributed by atoms with E-state index in [2.05, 4.69) is 22.0 Å². The molecule has 0 aromatic heterocycles. The molecule has 3 N–H and O–H groups in total. The third-order valence-electron chi connectivity index (χ3n) is 2.69. The van der Waals surface area contributed by atoms with Gasteiger partial charge in [0.25, 0.3) is 0 Å². The van der Waals surface area contributed by atoms with Gasteiger partial charge in [-0.3, -0.25) is 9.68 Å². The largest absolute Gasteiger partial charge is 0.364 e. The van der Waals surface area contributed by atoms with Gasteiger partial charge in [0.2, 0.25) is 5.91 Å². The van der Waals surface area contributed by atoms with Crippen LogP contribution in [0.5, 0.6) is 0 Å². The summed E-state index contributed by atoms with van der Waals surface area (Å²) in [7, 11) is 0. The van der Waals surface area contributed by atoms with Gasteiger partial charge in [0, 0.05) is 6.42 Å². The second-order valence-corrected chi connectivity index (χ2v) is 4.36. The first-order valence-corrected chi connectivity index (χ1v) is 6.54. The van der Waals surface area contributed by atoms with E-state index in [-0.39, 0.29) is 6.42 Å². The molecule has 20 heavy (non-hydrogen) atoms. The Kier molecular flexibility index (Phi) is 10.2. The van der Waals surface area contributed by atoms with Gasteiger partial charge in [0.05, 0.1) is 6.42 Å². The summed E-state index contributed by atoms with van der Waals surface area (Å²) >= 11 is 0. The fourth-order valence-electron chi connectivity index (χ4n) is 1.62. The van der Waals surface area contributed by atoms with Gasteiger partial charge in [-0.2, -0.15) is 10.5 Å². The van der Waals surface area contributed by atoms with Gasteiger partial charge in [0.15, 0.2) is 0 Å². The van der Waals surface area contributed by atoms with Crippen LogP contribution in [0.4, 0.5) is 0 Å². The highest BCUT2D eigenvalue weighted by molar-refractivity contribution is 5.87. The van der Waals surface area contributed by atoms with Gasteiger partial charge in [-0.15, -0.1) is 0 Å². The molecule has 0 saturated carbocycles. The van der Waals surface area contributed by atoms with Gasteiger partial charge in [0.1, 0.15) is 6.04 Å². The molecule has 0 aromatic carbocycles. The van der Waals surface area contributed by atoms with E-state index < -0.39 is 30.3 Å². The molecule has 0 unspecified atom stereocenters. The maximum atomic E-state index is 11.6. The summed E-state index contributed by atoms with van der Waals surface area (Å²) in [4.78, 5) is 40.4. The zero-order valence-corrected chi connectivity index (χ0v) is 11.5. The number of rotatable bonds is 10. The van der Waals surface area contributed by atoms with E-state index >= 15 is 0 Å². The van der Waals surface area contributed by atoms with Gasteiger partial charge < -0.3 is 10.2 Å². The van der Waals surface area contributed by atoms with Crippen molar-refractivity contribution < 1.29 is 34.7 Å². The Morgan fingerprint density at radius 2 is 1.70 bits per heavy atom. The lowest BCUT2D eigenvalue weighted by molar-refractivity contribution is -0.242. The highest BCUT2D eigenvalue weighted by atomic mass is 17.1. The zero-order chi connectivity index (χ0) is 15.4. The Morgan fingerprint density at radius 1 is 1.05 bits per heavy atom. The van der Waals surface area contributed by atoms with Crippen LogP contribution in [0.3, 0.4) is 0 Å². The van der Waals surface area contributed by atoms with Crippen LogP contribution in [0.2, 0.25) is 0 Å². The highest BCUT2D eigenvalue weighted by Gasteiger charge is 2.26. The highest BCUT2D eigenvalue weighted by Crippen LogP contribution is 2.05. The number of hydrogen-bond donors (Lipinski definition) is 3. The molecule has 0 radical (unpaired) electrons. The molecule has 0 aromatic rings. The predicted octanol–water partition coefficient (Wildman–Crippen LogP) is 1.25. The molecule has 0 fully saturated rings. The summed E-state index contributed by atoms with van der Waals surface area (Å²) in [5.41, 5.74) is 0. The van der Waals surface area contributed by atoms with Crippen LogP contribution in [0.25, 0.3) is 0 Å². The molecule has 8 nitrogen and oxygen atoms in total. The van der Waals surface area contributed by atoms with Crippen LogP contribution in [-0.4, -0.2) is 34.4 Å². The molecule has 0 heterocycles. The maximum Gasteiger partial charge on any atom is 0.364 e. The Hall–Kier alpha value is -1.67. The van der Waals surface area contributed by atoms with E-state index in [1.54, 1.807) is 0 Å². The van der Waals surface area contributed by atoms with Crippen molar-refractivity contribution in [2.75, 3.05) is 0 Å². The molecule has 1 atom stereocenters. The number of nitrogens with one attached hydrogen (secondary N) is 1. The quantitative estimate of drug-likeness (QED) is 0.314. The summed E-state index contributed by atoms with van der Waals surface area (Å²) in [6.07, 6.45) is 4.36. The van der Waals surface area contributed by atoms with Gasteiger partial charge in [-0.1, -0.05) is 32.6 Å². The fraction of sp³-hybridized carbons (Fsp3) is 0.750. The van der Waals surface area contributed by atoms with E-state index in [1.165, 1.54) is 0 Å². The topological polar surface area (TPSA) is 122 Å². The number of amides is 1. The number of carbonyl (C=O) groups is 3. The normalized spacial score (nSPS) is 11.6. The second-order valence-electron chi connectivity index (χ2n) is 4.36. The van der Waals surface area contributed by atoms with Crippen molar-refractivity contribution in [2.45, 2.75) is 57.9 Å². The Morgan fingerprint density at radius 3 is 2.25 bits per heavy atom. The SMILES string of the molecule is CCCCCCCC(=O)N[C@@H](CC(=O)OO)C(=O)OO. The van der Waals surface area contributed by atoms with Gasteiger partial charge >= 0.3 is 11.9 Å². The number of hydrogen-bond acceptors (Lipinski definition) is 7. The van der Waals surface area contributed by atoms with E-state index in [9.17, 15) is 14.4 Å². The summed E-state index contributed by atoms with van der Waals surface area (Å²) in [6, 6.07) is -1.39. The summed E-state index contributed by atoms with van der Waals surface area (Å²) in [6.45, 7) is 2.08. The smallest absolute Gasteiger partial charge is 0.342 e. The fourth-order valence-corrected chi connectivity index (χ4v) is 1.62. The standard InChI is InChI=1S/C12H21NO7/c1-2-3-4-5-6-7-10(14)13-9(12(16)20-18)8-11(15)19-17/h9,17-18H,2-8H2,1H3,(H,13,14)/t9-/m0/s1. The van der Waals surface area contributed by atoms with Crippen molar-refractivity contribution in [1.29, 1.82) is 0 Å². The van der Waals surface area contributed by atoms with Crippen molar-refractivity contribution in [2.24, 2.45) is 0 Å². The zero-order valence-electron chi connectivity index (χ0n) is 11.5. The Bertz CT molecular complexity index is 319. The van der Waals surface area contributed by atoms with Crippen molar-refractivity contribution in [3.05, 3.63) is 0 Å². The van der Waals surface area contributed by atoms with Crippen molar-refractivity contribution in [3.8, 4) is 0 Å². The van der Waals surface area contributed by atoms with Crippen molar-refractivity contribution in [1.82, 2.24) is 5.32 Å². The molecule has 0 bridgehead atoms. The van der Waals surface area contributed by atoms with Crippen molar-refractivity contribution >= 4 is 17.8 Å². The van der Waals surface area contributed by atoms with E-state index in [1.807, 2.05) is 0 Å². The molecule has 0 aliphatic heterocycles. The van der Waals surface area contributed by atoms with E-state index in [0.29, 0.717) is 6.42 Å². The summed E-state index contributed by atoms with van der Waals surface area (Å²) in [5, 5.41) is 18.6. The molecule has 0 aliphatic carbocycles. The Labute approximate surface area is 116 Å². The van der Waals surface area contributed by atoms with Crippen LogP contribution in [0.15, 0.2) is 0 Å². The first kappa shape index (κ1) is 18.3. The van der Waals surface area contributed by atoms with Crippen LogP contribution in [0, 0.1) is 0 Å². The average Bonchev–Trinajstić information content (AvgIpc) is 2.45. The van der Waals surface area contributed by atoms with Crippen LogP contribution < -0.4 is 5.32 Å². The lowest BCUT2D eigenvalue weighted by atomic mass is 10.1. The molecule has 116 valence electrons. The minimum absolute atomic E-state index is 0.201. The van der Waals surface area contributed by atoms with Crippen LogP contribution >= 0.6 is 0 Å². The minimum Gasteiger partial charge on any atom is -0.342 e. The first-order valence-electron chi connectivity index (χ1n) is 6.54. The molecular weight excluding hydrogens is 270 g/mol. The maximum absolute atomic E-state index is 11.6. The Balaban J connectivity index is 4.12. The number of unbranched alkanes of at least 4 members (excludes halogenated alkanes) is 4. The van der Waals surface area contributed by atoms with E-state index in [4.69, 9.17) is 10.5 Å². The third-order valence-corrected chi connectivity index (χ3v) is 2.69. The van der Waals surface area contributed by atoms with Crippen molar-refractivity contribution in [3.63, 3.8) is 0 Å². The summed E-state index contributed by atoms with van der Waals surface area (Å²) in [5.74, 6) is -2.76. The van der Waals surface area contributed by atoms with Crippen LogP contribution in [-0.2, 0) is 24.2 Å². The lowest BCUT2D eigenvalue weighted by Crippen LogP contribution is -2.43. The molecule has 0 spiro atoms. The monoisotopic (exact) mass is 291 g/mol. The van der Waals surface area contributed by atoms with E-state index in [0.717, 1.165) is 25.7 Å². The van der Waals surface area contributed by atoms with Gasteiger partial charge in [-0.25, -0.2) is 9.59 Å². The first-order chi connectivity index (χ1) is 9.54. The second kappa shape index (κ2) is 11.2. The number of carbonyl (C=O) groups excluding carboxylic acids is 3. The van der Waals surface area contributed by atoms with Crippen LogP contribution in [0.1, 0.15) is 51.9 Å². The molecular formula is C12H21NO7. The molecule has 1 amide bonds. The van der Waals surface area contributed by atoms with Gasteiger partial charge in [-0.05, 0) is 6.42 Å². The third kappa shape index (κ3) is 8.44. The summed E-state index contributed by atoms with van der Waals surface area (Å²) < 4.78 is 0. The molecule has 0 rings (SSSR count). The minimum atomic E-state index is -1.39. The molecule has 0 saturated heterocycles. The predicted molar refractivity (Wildman–Crippen MR) is 67.4 cm³/mol. The average molecular weight is 291 g/mol. The lowest BCUT2D eigenvalue weighted by Gasteiger charge is -2.13.